The van der Waals surface area contributed by atoms with Gasteiger partial charge in [-0.05, 0) is 49.6 Å². The van der Waals surface area contributed by atoms with Crippen molar-refractivity contribution < 1.29 is 5.11 Å². The quantitative estimate of drug-likeness (QED) is 0.845. The van der Waals surface area contributed by atoms with E-state index in [0.717, 1.165) is 24.1 Å². The van der Waals surface area contributed by atoms with Gasteiger partial charge in [-0.25, -0.2) is 0 Å². The van der Waals surface area contributed by atoms with Crippen LogP contribution in [0, 0.1) is 17.8 Å². The van der Waals surface area contributed by atoms with Crippen LogP contribution in [0.5, 0.6) is 0 Å². The molecule has 3 heteroatoms. The number of thiophene rings is 1. The molecule has 2 fully saturated rings. The summed E-state index contributed by atoms with van der Waals surface area (Å²) in [4.78, 5) is 4.07. The fraction of sp³-hybridized carbons (Fsp3) is 0.647. The molecule has 2 heterocycles. The highest BCUT2D eigenvalue weighted by atomic mass is 32.1. The van der Waals surface area contributed by atoms with E-state index in [9.17, 15) is 0 Å². The van der Waals surface area contributed by atoms with Crippen LogP contribution < -0.4 is 0 Å². The fourth-order valence-electron chi connectivity index (χ4n) is 3.82. The van der Waals surface area contributed by atoms with Crippen LogP contribution in [-0.2, 0) is 6.54 Å². The lowest BCUT2D eigenvalue weighted by molar-refractivity contribution is 0.0554. The molecule has 1 aliphatic heterocycles. The van der Waals surface area contributed by atoms with Crippen molar-refractivity contribution in [2.24, 2.45) is 5.92 Å². The number of nitrogens with zero attached hydrogens (tertiary/aromatic N) is 1. The normalized spacial score (nSPS) is 26.6. The first-order chi connectivity index (χ1) is 9.88. The third kappa shape index (κ3) is 3.09. The van der Waals surface area contributed by atoms with Gasteiger partial charge in [0.05, 0.1) is 0 Å². The lowest BCUT2D eigenvalue weighted by atomic mass is 9.78. The summed E-state index contributed by atoms with van der Waals surface area (Å²) in [5, 5.41) is 11.0. The molecule has 1 aliphatic carbocycles. The first kappa shape index (κ1) is 14.1. The molecule has 2 atom stereocenters. The van der Waals surface area contributed by atoms with Crippen molar-refractivity contribution in [2.75, 3.05) is 13.2 Å². The Morgan fingerprint density at radius 2 is 2.10 bits per heavy atom. The number of aliphatic hydroxyl groups excluding tert-OH is 1. The number of aliphatic hydroxyl groups is 1. The summed E-state index contributed by atoms with van der Waals surface area (Å²) in [6.45, 7) is 2.24. The molecule has 2 aliphatic rings. The van der Waals surface area contributed by atoms with Crippen molar-refractivity contribution in [1.29, 1.82) is 0 Å². The van der Waals surface area contributed by atoms with Crippen molar-refractivity contribution in [3.05, 3.63) is 21.9 Å². The summed E-state index contributed by atoms with van der Waals surface area (Å²) < 4.78 is 0. The Hall–Kier alpha value is -0.820. The van der Waals surface area contributed by atoms with Gasteiger partial charge in [-0.2, -0.15) is 0 Å². The van der Waals surface area contributed by atoms with Gasteiger partial charge < -0.3 is 5.11 Å². The second-order valence-electron chi connectivity index (χ2n) is 5.94. The SMILES string of the molecule is OCC#Cc1ccsc1CN1CCC[C@H]2CCCC[C@H]21. The van der Waals surface area contributed by atoms with Crippen molar-refractivity contribution in [1.82, 2.24) is 4.90 Å². The minimum Gasteiger partial charge on any atom is -0.384 e. The summed E-state index contributed by atoms with van der Waals surface area (Å²) in [6.07, 6.45) is 8.43. The maximum atomic E-state index is 8.85. The van der Waals surface area contributed by atoms with E-state index in [2.05, 4.69) is 28.2 Å². The zero-order valence-corrected chi connectivity index (χ0v) is 12.8. The molecular weight excluding hydrogens is 266 g/mol. The van der Waals surface area contributed by atoms with Crippen LogP contribution in [0.3, 0.4) is 0 Å². The maximum Gasteiger partial charge on any atom is 0.104 e. The van der Waals surface area contributed by atoms with E-state index in [1.807, 2.05) is 11.3 Å². The predicted molar refractivity (Wildman–Crippen MR) is 83.7 cm³/mol. The highest BCUT2D eigenvalue weighted by Gasteiger charge is 2.33. The van der Waals surface area contributed by atoms with E-state index in [0.29, 0.717) is 0 Å². The van der Waals surface area contributed by atoms with E-state index in [-0.39, 0.29) is 6.61 Å². The van der Waals surface area contributed by atoms with Gasteiger partial charge in [-0.3, -0.25) is 4.90 Å². The summed E-state index contributed by atoms with van der Waals surface area (Å²) in [6, 6.07) is 2.89. The summed E-state index contributed by atoms with van der Waals surface area (Å²) in [5.74, 6) is 6.80. The Morgan fingerprint density at radius 3 is 3.00 bits per heavy atom. The summed E-state index contributed by atoms with van der Waals surface area (Å²) >= 11 is 1.81. The van der Waals surface area contributed by atoms with E-state index < -0.39 is 0 Å². The molecule has 1 aromatic rings. The van der Waals surface area contributed by atoms with Gasteiger partial charge in [0.1, 0.15) is 6.61 Å². The average molecular weight is 289 g/mol. The minimum absolute atomic E-state index is 0.0519. The van der Waals surface area contributed by atoms with Crippen LogP contribution in [0.4, 0.5) is 0 Å². The van der Waals surface area contributed by atoms with Crippen LogP contribution in [0.25, 0.3) is 0 Å². The monoisotopic (exact) mass is 289 g/mol. The molecule has 0 unspecified atom stereocenters. The Labute approximate surface area is 125 Å². The van der Waals surface area contributed by atoms with Crippen molar-refractivity contribution in [2.45, 2.75) is 51.1 Å². The van der Waals surface area contributed by atoms with E-state index >= 15 is 0 Å². The molecule has 2 nitrogen and oxygen atoms in total. The second-order valence-corrected chi connectivity index (χ2v) is 6.94. The Balaban J connectivity index is 1.71. The molecule has 3 rings (SSSR count). The average Bonchev–Trinajstić information content (AvgIpc) is 2.93. The van der Waals surface area contributed by atoms with Crippen molar-refractivity contribution in [3.63, 3.8) is 0 Å². The number of hydrogen-bond acceptors (Lipinski definition) is 3. The zero-order chi connectivity index (χ0) is 13.8. The number of rotatable bonds is 2. The van der Waals surface area contributed by atoms with Crippen LogP contribution in [0.1, 0.15) is 49.0 Å². The zero-order valence-electron chi connectivity index (χ0n) is 12.0. The van der Waals surface area contributed by atoms with Gasteiger partial charge in [-0.1, -0.05) is 24.7 Å². The maximum absolute atomic E-state index is 8.85. The highest BCUT2D eigenvalue weighted by Crippen LogP contribution is 2.36. The molecule has 1 saturated carbocycles. The molecule has 1 aromatic heterocycles. The Bertz CT molecular complexity index is 497. The summed E-state index contributed by atoms with van der Waals surface area (Å²) in [5.41, 5.74) is 1.11. The van der Waals surface area contributed by atoms with Gasteiger partial charge >= 0.3 is 0 Å². The summed E-state index contributed by atoms with van der Waals surface area (Å²) in [7, 11) is 0. The highest BCUT2D eigenvalue weighted by molar-refractivity contribution is 7.10. The topological polar surface area (TPSA) is 23.5 Å². The van der Waals surface area contributed by atoms with Gasteiger partial charge in [-0.15, -0.1) is 11.3 Å². The standard InChI is InChI=1S/C17H23NOS/c19-11-4-7-15-9-12-20-17(15)13-18-10-3-6-14-5-1-2-8-16(14)18/h9,12,14,16,19H,1-3,5-6,8,10-11,13H2/t14-,16-/m1/s1. The molecule has 0 bridgehead atoms. The molecule has 1 N–H and O–H groups in total. The second kappa shape index (κ2) is 6.76. The van der Waals surface area contributed by atoms with Crippen LogP contribution in [0.15, 0.2) is 11.4 Å². The first-order valence-electron chi connectivity index (χ1n) is 7.78. The smallest absolute Gasteiger partial charge is 0.104 e. The van der Waals surface area contributed by atoms with Crippen molar-refractivity contribution >= 4 is 11.3 Å². The number of piperidine rings is 1. The third-order valence-electron chi connectivity index (χ3n) is 4.75. The minimum atomic E-state index is -0.0519. The number of fused-ring (bicyclic) bond motifs is 1. The molecule has 1 saturated heterocycles. The molecule has 0 radical (unpaired) electrons. The largest absolute Gasteiger partial charge is 0.384 e. The molecule has 20 heavy (non-hydrogen) atoms. The molecule has 0 amide bonds. The molecule has 0 spiro atoms. The molecule has 0 aromatic carbocycles. The van der Waals surface area contributed by atoms with Crippen LogP contribution in [0.2, 0.25) is 0 Å². The molecule has 108 valence electrons. The third-order valence-corrected chi connectivity index (χ3v) is 5.66. The Kier molecular flexibility index (Phi) is 4.77. The van der Waals surface area contributed by atoms with E-state index in [1.165, 1.54) is 49.9 Å². The molecular formula is C17H23NOS. The van der Waals surface area contributed by atoms with Gasteiger partial charge in [0.25, 0.3) is 0 Å². The van der Waals surface area contributed by atoms with Gasteiger partial charge in [0, 0.05) is 23.0 Å². The van der Waals surface area contributed by atoms with Crippen molar-refractivity contribution in [3.8, 4) is 11.8 Å². The number of likely N-dealkylation sites (tertiary alicyclic amines) is 1. The van der Waals surface area contributed by atoms with Crippen LogP contribution in [-0.4, -0.2) is 29.2 Å². The lowest BCUT2D eigenvalue weighted by Gasteiger charge is -2.44. The van der Waals surface area contributed by atoms with Gasteiger partial charge in [0.2, 0.25) is 0 Å². The van der Waals surface area contributed by atoms with Gasteiger partial charge in [0.15, 0.2) is 0 Å². The Morgan fingerprint density at radius 1 is 1.25 bits per heavy atom. The number of hydrogen-bond donors (Lipinski definition) is 1. The van der Waals surface area contributed by atoms with Crippen LogP contribution >= 0.6 is 11.3 Å². The lowest BCUT2D eigenvalue weighted by Crippen LogP contribution is -2.46. The fourth-order valence-corrected chi connectivity index (χ4v) is 4.67. The predicted octanol–water partition coefficient (Wildman–Crippen LogP) is 3.25. The van der Waals surface area contributed by atoms with E-state index in [4.69, 9.17) is 5.11 Å². The van der Waals surface area contributed by atoms with E-state index in [1.54, 1.807) is 0 Å². The first-order valence-corrected chi connectivity index (χ1v) is 8.66.